The molecule has 0 aliphatic heterocycles. The number of nitrogens with one attached hydrogen (secondary N) is 1. The van der Waals surface area contributed by atoms with Crippen LogP contribution < -0.4 is 20.5 Å². The first-order valence-corrected chi connectivity index (χ1v) is 7.26. The maximum absolute atomic E-state index is 5.74. The van der Waals surface area contributed by atoms with Gasteiger partial charge in [0.05, 0.1) is 24.4 Å². The average molecular weight is 353 g/mol. The number of aromatic nitrogens is 2. The van der Waals surface area contributed by atoms with Crippen LogP contribution in [0, 0.1) is 0 Å². The molecule has 1 aromatic heterocycles. The van der Waals surface area contributed by atoms with Crippen LogP contribution in [0.1, 0.15) is 12.5 Å². The minimum atomic E-state index is 0.398. The third-order valence-electron chi connectivity index (χ3n) is 2.74. The van der Waals surface area contributed by atoms with Crippen molar-refractivity contribution in [2.24, 2.45) is 5.73 Å². The van der Waals surface area contributed by atoms with E-state index < -0.39 is 0 Å². The van der Waals surface area contributed by atoms with Crippen LogP contribution in [0.25, 0.3) is 0 Å². The highest BCUT2D eigenvalue weighted by molar-refractivity contribution is 9.10. The quantitative estimate of drug-likeness (QED) is 0.831. The molecule has 112 valence electrons. The Balaban J connectivity index is 2.23. The van der Waals surface area contributed by atoms with Crippen LogP contribution in [0.4, 0.5) is 11.6 Å². The van der Waals surface area contributed by atoms with Crippen molar-refractivity contribution in [1.29, 1.82) is 0 Å². The molecule has 0 aliphatic carbocycles. The molecule has 0 bridgehead atoms. The SMILES string of the molecule is CCOc1ccc(Nc2ncc(Br)c(OC)n2)cc1CN. The Kier molecular flexibility index (Phi) is 5.35. The van der Waals surface area contributed by atoms with Crippen LogP contribution in [0.5, 0.6) is 11.6 Å². The Morgan fingerprint density at radius 3 is 2.86 bits per heavy atom. The molecule has 2 rings (SSSR count). The lowest BCUT2D eigenvalue weighted by Crippen LogP contribution is -2.04. The van der Waals surface area contributed by atoms with Crippen LogP contribution in [0.15, 0.2) is 28.9 Å². The van der Waals surface area contributed by atoms with Gasteiger partial charge < -0.3 is 20.5 Å². The van der Waals surface area contributed by atoms with Gasteiger partial charge >= 0.3 is 0 Å². The fourth-order valence-electron chi connectivity index (χ4n) is 1.80. The normalized spacial score (nSPS) is 10.3. The van der Waals surface area contributed by atoms with Crippen molar-refractivity contribution in [2.75, 3.05) is 19.0 Å². The van der Waals surface area contributed by atoms with Crippen LogP contribution in [0.3, 0.4) is 0 Å². The second-order valence-electron chi connectivity index (χ2n) is 4.14. The third kappa shape index (κ3) is 3.83. The molecule has 21 heavy (non-hydrogen) atoms. The first-order chi connectivity index (χ1) is 10.2. The highest BCUT2D eigenvalue weighted by atomic mass is 79.9. The summed E-state index contributed by atoms with van der Waals surface area (Å²) in [7, 11) is 1.56. The molecule has 0 spiro atoms. The number of anilines is 2. The molecule has 1 aromatic carbocycles. The summed E-state index contributed by atoms with van der Waals surface area (Å²) < 4.78 is 11.4. The predicted octanol–water partition coefficient (Wildman–Crippen LogP) is 2.85. The van der Waals surface area contributed by atoms with E-state index in [2.05, 4.69) is 31.2 Å². The Labute approximate surface area is 131 Å². The van der Waals surface area contributed by atoms with Gasteiger partial charge in [-0.05, 0) is 41.1 Å². The van der Waals surface area contributed by atoms with Crippen LogP contribution >= 0.6 is 15.9 Å². The van der Waals surface area contributed by atoms with E-state index in [9.17, 15) is 0 Å². The highest BCUT2D eigenvalue weighted by Gasteiger charge is 2.07. The number of nitrogens with two attached hydrogens (primary N) is 1. The van der Waals surface area contributed by atoms with E-state index in [0.29, 0.717) is 29.5 Å². The van der Waals surface area contributed by atoms with Gasteiger partial charge in [-0.15, -0.1) is 0 Å². The first kappa shape index (κ1) is 15.5. The largest absolute Gasteiger partial charge is 0.494 e. The van der Waals surface area contributed by atoms with E-state index in [0.717, 1.165) is 17.0 Å². The second-order valence-corrected chi connectivity index (χ2v) is 4.99. The fourth-order valence-corrected chi connectivity index (χ4v) is 2.15. The number of rotatable bonds is 6. The van der Waals surface area contributed by atoms with Crippen molar-refractivity contribution in [3.05, 3.63) is 34.4 Å². The van der Waals surface area contributed by atoms with E-state index in [4.69, 9.17) is 15.2 Å². The van der Waals surface area contributed by atoms with Crippen molar-refractivity contribution < 1.29 is 9.47 Å². The van der Waals surface area contributed by atoms with Gasteiger partial charge in [-0.2, -0.15) is 4.98 Å². The summed E-state index contributed by atoms with van der Waals surface area (Å²) in [6.07, 6.45) is 1.63. The molecule has 0 fully saturated rings. The number of benzene rings is 1. The standard InChI is InChI=1S/C14H17BrN4O2/c1-3-21-12-5-4-10(6-9(12)7-16)18-14-17-8-11(15)13(19-14)20-2/h4-6,8H,3,7,16H2,1-2H3,(H,17,18,19). The number of ether oxygens (including phenoxy) is 2. The maximum atomic E-state index is 5.74. The molecule has 1 heterocycles. The van der Waals surface area contributed by atoms with Gasteiger partial charge in [-0.1, -0.05) is 0 Å². The fraction of sp³-hybridized carbons (Fsp3) is 0.286. The zero-order chi connectivity index (χ0) is 15.2. The molecule has 0 aliphatic rings. The Morgan fingerprint density at radius 1 is 1.38 bits per heavy atom. The molecule has 6 nitrogen and oxygen atoms in total. The number of methoxy groups -OCH3 is 1. The number of halogens is 1. The molecule has 0 radical (unpaired) electrons. The Bertz CT molecular complexity index is 622. The van der Waals surface area contributed by atoms with E-state index >= 15 is 0 Å². The average Bonchev–Trinajstić information content (AvgIpc) is 2.51. The summed E-state index contributed by atoms with van der Waals surface area (Å²) in [6, 6.07) is 5.69. The van der Waals surface area contributed by atoms with Gasteiger partial charge in [0, 0.05) is 17.8 Å². The Morgan fingerprint density at radius 2 is 2.19 bits per heavy atom. The van der Waals surface area contributed by atoms with E-state index in [-0.39, 0.29) is 0 Å². The Hall–Kier alpha value is -1.86. The topological polar surface area (TPSA) is 82.3 Å². The molecule has 0 amide bonds. The van der Waals surface area contributed by atoms with Crippen molar-refractivity contribution in [2.45, 2.75) is 13.5 Å². The van der Waals surface area contributed by atoms with Crippen molar-refractivity contribution >= 4 is 27.6 Å². The molecule has 7 heteroatoms. The summed E-state index contributed by atoms with van der Waals surface area (Å²) in [5.41, 5.74) is 7.50. The lowest BCUT2D eigenvalue weighted by molar-refractivity contribution is 0.336. The van der Waals surface area contributed by atoms with Crippen LogP contribution in [-0.4, -0.2) is 23.7 Å². The second kappa shape index (κ2) is 7.24. The molecule has 3 N–H and O–H groups in total. The highest BCUT2D eigenvalue weighted by Crippen LogP contribution is 2.26. The predicted molar refractivity (Wildman–Crippen MR) is 85.1 cm³/mol. The van der Waals surface area contributed by atoms with E-state index in [1.807, 2.05) is 25.1 Å². The minimum Gasteiger partial charge on any atom is -0.494 e. The number of nitrogens with zero attached hydrogens (tertiary/aromatic N) is 2. The molecule has 2 aromatic rings. The third-order valence-corrected chi connectivity index (χ3v) is 3.29. The monoisotopic (exact) mass is 352 g/mol. The van der Waals surface area contributed by atoms with Gasteiger partial charge in [0.25, 0.3) is 0 Å². The molecule has 0 saturated heterocycles. The number of hydrogen-bond donors (Lipinski definition) is 2. The van der Waals surface area contributed by atoms with Gasteiger partial charge in [0.15, 0.2) is 0 Å². The molecular weight excluding hydrogens is 336 g/mol. The molecule has 0 atom stereocenters. The molecule has 0 unspecified atom stereocenters. The van der Waals surface area contributed by atoms with E-state index in [1.165, 1.54) is 0 Å². The van der Waals surface area contributed by atoms with Gasteiger partial charge in [-0.25, -0.2) is 4.98 Å². The number of hydrogen-bond acceptors (Lipinski definition) is 6. The van der Waals surface area contributed by atoms with Crippen molar-refractivity contribution in [3.63, 3.8) is 0 Å². The smallest absolute Gasteiger partial charge is 0.232 e. The summed E-state index contributed by atoms with van der Waals surface area (Å²) in [4.78, 5) is 8.43. The lowest BCUT2D eigenvalue weighted by Gasteiger charge is -2.12. The summed E-state index contributed by atoms with van der Waals surface area (Å²) in [5, 5.41) is 3.12. The van der Waals surface area contributed by atoms with Crippen LogP contribution in [0.2, 0.25) is 0 Å². The van der Waals surface area contributed by atoms with Gasteiger partial charge in [0.2, 0.25) is 11.8 Å². The summed E-state index contributed by atoms with van der Waals surface area (Å²) in [6.45, 7) is 2.94. The van der Waals surface area contributed by atoms with Gasteiger partial charge in [0.1, 0.15) is 5.75 Å². The summed E-state index contributed by atoms with van der Waals surface area (Å²) >= 11 is 3.31. The zero-order valence-corrected chi connectivity index (χ0v) is 13.5. The van der Waals surface area contributed by atoms with E-state index in [1.54, 1.807) is 13.3 Å². The zero-order valence-electron chi connectivity index (χ0n) is 11.9. The molecular formula is C14H17BrN4O2. The maximum Gasteiger partial charge on any atom is 0.232 e. The van der Waals surface area contributed by atoms with Crippen molar-refractivity contribution in [1.82, 2.24) is 9.97 Å². The minimum absolute atomic E-state index is 0.398. The summed E-state index contributed by atoms with van der Waals surface area (Å²) in [5.74, 6) is 1.71. The van der Waals surface area contributed by atoms with Gasteiger partial charge in [-0.3, -0.25) is 0 Å². The molecule has 0 saturated carbocycles. The van der Waals surface area contributed by atoms with Crippen LogP contribution in [-0.2, 0) is 6.54 Å². The first-order valence-electron chi connectivity index (χ1n) is 6.47. The lowest BCUT2D eigenvalue weighted by atomic mass is 10.2. The van der Waals surface area contributed by atoms with Crippen molar-refractivity contribution in [3.8, 4) is 11.6 Å².